The summed E-state index contributed by atoms with van der Waals surface area (Å²) in [6.45, 7) is 7.69. The van der Waals surface area contributed by atoms with Crippen LogP contribution in [0.1, 0.15) is 19.8 Å². The quantitative estimate of drug-likeness (QED) is 0.644. The van der Waals surface area contributed by atoms with Crippen LogP contribution >= 0.6 is 0 Å². The van der Waals surface area contributed by atoms with E-state index in [1.807, 2.05) is 26.2 Å². The molecule has 0 aliphatic carbocycles. The van der Waals surface area contributed by atoms with Crippen LogP contribution in [0.2, 0.25) is 0 Å². The Kier molecular flexibility index (Phi) is 8.73. The van der Waals surface area contributed by atoms with Gasteiger partial charge < -0.3 is 24.9 Å². The number of anilines is 2. The number of hydrogen-bond donors (Lipinski definition) is 1. The standard InChI is InChI=1S/C21H35N5O2/c1-18(27)26(13-10-21(28)22-11-5-12-23(2)3)20-8-6-19(7-9-20)25-16-14-24(4)15-17-25/h6-9H,5,10-17H2,1-4H3,(H,22,28). The molecule has 7 heteroatoms. The first kappa shape index (κ1) is 22.2. The lowest BCUT2D eigenvalue weighted by molar-refractivity contribution is -0.121. The number of amides is 2. The molecule has 0 aromatic heterocycles. The smallest absolute Gasteiger partial charge is 0.223 e. The van der Waals surface area contributed by atoms with Gasteiger partial charge in [0.15, 0.2) is 0 Å². The SMILES string of the molecule is CC(=O)N(CCC(=O)NCCCN(C)C)c1ccc(N2CCN(C)CC2)cc1. The minimum Gasteiger partial charge on any atom is -0.369 e. The molecule has 0 atom stereocenters. The van der Waals surface area contributed by atoms with Crippen molar-refractivity contribution in [2.24, 2.45) is 0 Å². The molecule has 156 valence electrons. The largest absolute Gasteiger partial charge is 0.369 e. The predicted octanol–water partition coefficient (Wildman–Crippen LogP) is 1.25. The van der Waals surface area contributed by atoms with Crippen molar-refractivity contribution in [3.05, 3.63) is 24.3 Å². The maximum Gasteiger partial charge on any atom is 0.223 e. The Morgan fingerprint density at radius 3 is 2.25 bits per heavy atom. The van der Waals surface area contributed by atoms with Crippen molar-refractivity contribution in [1.82, 2.24) is 15.1 Å². The van der Waals surface area contributed by atoms with Gasteiger partial charge in [-0.1, -0.05) is 0 Å². The van der Waals surface area contributed by atoms with Crippen LogP contribution in [0, 0.1) is 0 Å². The van der Waals surface area contributed by atoms with Gasteiger partial charge in [0.25, 0.3) is 0 Å². The van der Waals surface area contributed by atoms with E-state index < -0.39 is 0 Å². The summed E-state index contributed by atoms with van der Waals surface area (Å²) in [6, 6.07) is 8.09. The van der Waals surface area contributed by atoms with E-state index in [9.17, 15) is 9.59 Å². The number of carbonyl (C=O) groups is 2. The summed E-state index contributed by atoms with van der Waals surface area (Å²) in [5.41, 5.74) is 2.02. The Morgan fingerprint density at radius 1 is 1.04 bits per heavy atom. The van der Waals surface area contributed by atoms with Crippen molar-refractivity contribution in [3.63, 3.8) is 0 Å². The Bertz CT molecular complexity index is 624. The van der Waals surface area contributed by atoms with Crippen LogP contribution in [0.3, 0.4) is 0 Å². The Balaban J connectivity index is 1.85. The van der Waals surface area contributed by atoms with Gasteiger partial charge in [0, 0.05) is 64.0 Å². The topological polar surface area (TPSA) is 59.1 Å². The van der Waals surface area contributed by atoms with Gasteiger partial charge in [-0.25, -0.2) is 0 Å². The van der Waals surface area contributed by atoms with Gasteiger partial charge >= 0.3 is 0 Å². The lowest BCUT2D eigenvalue weighted by Crippen LogP contribution is -2.44. The summed E-state index contributed by atoms with van der Waals surface area (Å²) >= 11 is 0. The van der Waals surface area contributed by atoms with Gasteiger partial charge in [0.2, 0.25) is 11.8 Å². The summed E-state index contributed by atoms with van der Waals surface area (Å²) in [4.78, 5) is 32.6. The Hall–Kier alpha value is -2.12. The number of benzene rings is 1. The molecule has 28 heavy (non-hydrogen) atoms. The molecular formula is C21H35N5O2. The van der Waals surface area contributed by atoms with Crippen LogP contribution in [0.25, 0.3) is 0 Å². The average molecular weight is 390 g/mol. The van der Waals surface area contributed by atoms with Gasteiger partial charge in [-0.15, -0.1) is 0 Å². The van der Waals surface area contributed by atoms with E-state index in [0.29, 0.717) is 19.5 Å². The van der Waals surface area contributed by atoms with Gasteiger partial charge in [-0.2, -0.15) is 0 Å². The summed E-state index contributed by atoms with van der Waals surface area (Å²) < 4.78 is 0. The molecule has 0 bridgehead atoms. The maximum atomic E-state index is 12.1. The number of rotatable bonds is 9. The molecule has 2 rings (SSSR count). The van der Waals surface area contributed by atoms with E-state index in [4.69, 9.17) is 0 Å². The third-order valence-electron chi connectivity index (χ3n) is 5.08. The van der Waals surface area contributed by atoms with Crippen molar-refractivity contribution in [3.8, 4) is 0 Å². The second-order valence-corrected chi connectivity index (χ2v) is 7.73. The van der Waals surface area contributed by atoms with Crippen LogP contribution in [-0.4, -0.2) is 88.6 Å². The molecule has 0 saturated carbocycles. The number of nitrogens with zero attached hydrogens (tertiary/aromatic N) is 4. The van der Waals surface area contributed by atoms with Gasteiger partial charge in [-0.3, -0.25) is 9.59 Å². The minimum absolute atomic E-state index is 0.0148. The number of carbonyl (C=O) groups excluding carboxylic acids is 2. The third kappa shape index (κ3) is 7.13. The Labute approximate surface area is 169 Å². The highest BCUT2D eigenvalue weighted by Gasteiger charge is 2.16. The van der Waals surface area contributed by atoms with Crippen LogP contribution < -0.4 is 15.1 Å². The van der Waals surface area contributed by atoms with Crippen molar-refractivity contribution in [2.75, 3.05) is 76.8 Å². The van der Waals surface area contributed by atoms with Gasteiger partial charge in [0.05, 0.1) is 0 Å². The van der Waals surface area contributed by atoms with Crippen LogP contribution in [-0.2, 0) is 9.59 Å². The van der Waals surface area contributed by atoms with Crippen molar-refractivity contribution in [2.45, 2.75) is 19.8 Å². The number of piperazine rings is 1. The van der Waals surface area contributed by atoms with E-state index >= 15 is 0 Å². The van der Waals surface area contributed by atoms with Crippen LogP contribution in [0.15, 0.2) is 24.3 Å². The molecule has 0 spiro atoms. The van der Waals surface area contributed by atoms with E-state index in [2.05, 4.69) is 39.2 Å². The second kappa shape index (κ2) is 11.0. The molecule has 1 aromatic carbocycles. The first-order valence-electron chi connectivity index (χ1n) is 10.1. The maximum absolute atomic E-state index is 12.1. The van der Waals surface area contributed by atoms with E-state index in [0.717, 1.165) is 44.8 Å². The molecule has 1 aromatic rings. The molecule has 1 aliphatic rings. The molecule has 1 fully saturated rings. The van der Waals surface area contributed by atoms with Crippen LogP contribution in [0.5, 0.6) is 0 Å². The zero-order chi connectivity index (χ0) is 20.5. The average Bonchev–Trinajstić information content (AvgIpc) is 2.66. The highest BCUT2D eigenvalue weighted by molar-refractivity contribution is 5.92. The van der Waals surface area contributed by atoms with E-state index in [1.54, 1.807) is 11.8 Å². The summed E-state index contributed by atoms with van der Waals surface area (Å²) in [7, 11) is 6.17. The lowest BCUT2D eigenvalue weighted by atomic mass is 10.2. The van der Waals surface area contributed by atoms with Gasteiger partial charge in [-0.05, 0) is 58.4 Å². The molecule has 2 amide bonds. The molecule has 1 N–H and O–H groups in total. The van der Waals surface area contributed by atoms with Gasteiger partial charge in [0.1, 0.15) is 0 Å². The number of likely N-dealkylation sites (N-methyl/N-ethyl adjacent to an activating group) is 1. The molecular weight excluding hydrogens is 354 g/mol. The molecule has 1 saturated heterocycles. The fraction of sp³-hybridized carbons (Fsp3) is 0.619. The Morgan fingerprint density at radius 2 is 1.68 bits per heavy atom. The normalized spacial score (nSPS) is 15.0. The lowest BCUT2D eigenvalue weighted by Gasteiger charge is -2.34. The number of nitrogens with one attached hydrogen (secondary N) is 1. The first-order valence-corrected chi connectivity index (χ1v) is 10.1. The minimum atomic E-state index is -0.0484. The van der Waals surface area contributed by atoms with Crippen LogP contribution in [0.4, 0.5) is 11.4 Å². The molecule has 7 nitrogen and oxygen atoms in total. The third-order valence-corrected chi connectivity index (χ3v) is 5.08. The van der Waals surface area contributed by atoms with E-state index in [1.165, 1.54) is 5.69 Å². The molecule has 0 unspecified atom stereocenters. The highest BCUT2D eigenvalue weighted by Crippen LogP contribution is 2.22. The van der Waals surface area contributed by atoms with Crippen molar-refractivity contribution < 1.29 is 9.59 Å². The summed E-state index contributed by atoms with van der Waals surface area (Å²) in [5, 5.41) is 2.93. The van der Waals surface area contributed by atoms with E-state index in [-0.39, 0.29) is 11.8 Å². The molecule has 1 heterocycles. The fourth-order valence-corrected chi connectivity index (χ4v) is 3.30. The zero-order valence-electron chi connectivity index (χ0n) is 17.8. The van der Waals surface area contributed by atoms with Crippen molar-refractivity contribution in [1.29, 1.82) is 0 Å². The fourth-order valence-electron chi connectivity index (χ4n) is 3.30. The summed E-state index contributed by atoms with van der Waals surface area (Å²) in [5.74, 6) is -0.0631. The zero-order valence-corrected chi connectivity index (χ0v) is 17.8. The summed E-state index contributed by atoms with van der Waals surface area (Å²) in [6.07, 6.45) is 1.23. The molecule has 1 aliphatic heterocycles. The number of hydrogen-bond acceptors (Lipinski definition) is 5. The second-order valence-electron chi connectivity index (χ2n) is 7.73. The predicted molar refractivity (Wildman–Crippen MR) is 115 cm³/mol. The van der Waals surface area contributed by atoms with Crippen molar-refractivity contribution >= 4 is 23.2 Å². The monoisotopic (exact) mass is 389 g/mol. The molecule has 0 radical (unpaired) electrons. The highest BCUT2D eigenvalue weighted by atomic mass is 16.2. The first-order chi connectivity index (χ1) is 13.4.